The second-order valence-corrected chi connectivity index (χ2v) is 9.99. The molecule has 36 heavy (non-hydrogen) atoms. The summed E-state index contributed by atoms with van der Waals surface area (Å²) in [4.78, 5) is 13.5. The van der Waals surface area contributed by atoms with Crippen molar-refractivity contribution in [3.63, 3.8) is 0 Å². The summed E-state index contributed by atoms with van der Waals surface area (Å²) in [5.41, 5.74) is 1.26. The minimum Gasteiger partial charge on any atom is -0.493 e. The Morgan fingerprint density at radius 2 is 1.39 bits per heavy atom. The molecule has 0 aliphatic heterocycles. The molecule has 0 saturated heterocycles. The van der Waals surface area contributed by atoms with Crippen LogP contribution in [0.1, 0.15) is 15.9 Å². The van der Waals surface area contributed by atoms with Gasteiger partial charge in [-0.1, -0.05) is 23.7 Å². The predicted octanol–water partition coefficient (Wildman–Crippen LogP) is 4.59. The maximum atomic E-state index is 13.5. The van der Waals surface area contributed by atoms with Crippen molar-refractivity contribution < 1.29 is 32.2 Å². The molecular formula is C25H27ClN2O7S. The third-order valence-electron chi connectivity index (χ3n) is 5.30. The van der Waals surface area contributed by atoms with E-state index in [0.717, 1.165) is 10.6 Å². The second-order valence-electron chi connectivity index (χ2n) is 7.64. The van der Waals surface area contributed by atoms with Crippen LogP contribution in [-0.2, 0) is 16.6 Å². The highest BCUT2D eigenvalue weighted by molar-refractivity contribution is 7.92. The third kappa shape index (κ3) is 6.13. The first-order valence-corrected chi connectivity index (χ1v) is 12.9. The van der Waals surface area contributed by atoms with Gasteiger partial charge < -0.3 is 24.3 Å². The number of nitrogens with one attached hydrogen (secondary N) is 1. The second kappa shape index (κ2) is 11.4. The minimum absolute atomic E-state index is 0.0396. The van der Waals surface area contributed by atoms with Crippen LogP contribution in [0.4, 0.5) is 11.4 Å². The van der Waals surface area contributed by atoms with Crippen LogP contribution in [0.3, 0.4) is 0 Å². The number of carbonyl (C=O) groups excluding carboxylic acids is 1. The molecule has 11 heteroatoms. The lowest BCUT2D eigenvalue weighted by Gasteiger charge is -2.26. The molecule has 0 aromatic heterocycles. The lowest BCUT2D eigenvalue weighted by Crippen LogP contribution is -2.31. The Labute approximate surface area is 215 Å². The number of amides is 1. The highest BCUT2D eigenvalue weighted by atomic mass is 35.5. The van der Waals surface area contributed by atoms with Gasteiger partial charge in [-0.2, -0.15) is 0 Å². The summed E-state index contributed by atoms with van der Waals surface area (Å²) in [6.45, 7) is -0.0396. The average Bonchev–Trinajstić information content (AvgIpc) is 2.86. The van der Waals surface area contributed by atoms with Crippen molar-refractivity contribution >= 4 is 38.9 Å². The fraction of sp³-hybridized carbons (Fsp3) is 0.240. The van der Waals surface area contributed by atoms with Crippen molar-refractivity contribution in [2.45, 2.75) is 6.54 Å². The van der Waals surface area contributed by atoms with E-state index in [1.807, 2.05) is 0 Å². The van der Waals surface area contributed by atoms with Gasteiger partial charge >= 0.3 is 0 Å². The van der Waals surface area contributed by atoms with E-state index >= 15 is 0 Å². The lowest BCUT2D eigenvalue weighted by atomic mass is 10.1. The van der Waals surface area contributed by atoms with E-state index in [2.05, 4.69) is 5.32 Å². The molecule has 3 rings (SSSR count). The van der Waals surface area contributed by atoms with Crippen molar-refractivity contribution in [1.29, 1.82) is 0 Å². The van der Waals surface area contributed by atoms with Crippen LogP contribution in [-0.4, -0.2) is 49.0 Å². The standard InChI is InChI=1S/C25H27ClN2O7S/c1-32-21-11-10-18(12-22(21)33-2)27-25(29)19-13-23(34-3)24(35-4)14-20(19)28(36(5,30)31)15-16-6-8-17(26)9-7-16/h6-14H,15H2,1-5H3,(H,27,29). The molecule has 0 aliphatic carbocycles. The van der Waals surface area contributed by atoms with Crippen LogP contribution >= 0.6 is 11.6 Å². The molecule has 0 fully saturated rings. The molecule has 1 amide bonds. The summed E-state index contributed by atoms with van der Waals surface area (Å²) in [5.74, 6) is 0.873. The number of rotatable bonds is 10. The third-order valence-corrected chi connectivity index (χ3v) is 6.67. The zero-order valence-corrected chi connectivity index (χ0v) is 22.1. The van der Waals surface area contributed by atoms with E-state index in [0.29, 0.717) is 27.8 Å². The van der Waals surface area contributed by atoms with Crippen LogP contribution in [0.5, 0.6) is 23.0 Å². The number of methoxy groups -OCH3 is 4. The number of ether oxygens (including phenoxy) is 4. The number of carbonyl (C=O) groups is 1. The number of nitrogens with zero attached hydrogens (tertiary/aromatic N) is 1. The topological polar surface area (TPSA) is 103 Å². The largest absolute Gasteiger partial charge is 0.493 e. The predicted molar refractivity (Wildman–Crippen MR) is 140 cm³/mol. The molecule has 0 heterocycles. The Hall–Kier alpha value is -3.63. The van der Waals surface area contributed by atoms with Gasteiger partial charge in [-0.15, -0.1) is 0 Å². The Morgan fingerprint density at radius 1 is 0.833 bits per heavy atom. The summed E-state index contributed by atoms with van der Waals surface area (Å²) in [6.07, 6.45) is 1.07. The van der Waals surface area contributed by atoms with Crippen LogP contribution in [0, 0.1) is 0 Å². The molecule has 0 bridgehead atoms. The molecule has 0 radical (unpaired) electrons. The van der Waals surface area contributed by atoms with Crippen LogP contribution in [0.15, 0.2) is 54.6 Å². The fourth-order valence-electron chi connectivity index (χ4n) is 3.51. The quantitative estimate of drug-likeness (QED) is 0.405. The fourth-order valence-corrected chi connectivity index (χ4v) is 4.52. The summed E-state index contributed by atoms with van der Waals surface area (Å²) in [7, 11) is 2.01. The van der Waals surface area contributed by atoms with Gasteiger partial charge in [0.15, 0.2) is 23.0 Å². The smallest absolute Gasteiger partial charge is 0.257 e. The van der Waals surface area contributed by atoms with Gasteiger partial charge in [0.2, 0.25) is 10.0 Å². The number of hydrogen-bond acceptors (Lipinski definition) is 7. The number of benzene rings is 3. The molecule has 0 saturated carbocycles. The average molecular weight is 535 g/mol. The van der Waals surface area contributed by atoms with Crippen molar-refractivity contribution in [3.8, 4) is 23.0 Å². The van der Waals surface area contributed by atoms with E-state index in [-0.39, 0.29) is 29.3 Å². The van der Waals surface area contributed by atoms with Crippen LogP contribution in [0.2, 0.25) is 5.02 Å². The van der Waals surface area contributed by atoms with Crippen LogP contribution in [0.25, 0.3) is 0 Å². The first-order chi connectivity index (χ1) is 17.1. The number of anilines is 2. The van der Waals surface area contributed by atoms with E-state index < -0.39 is 15.9 Å². The number of hydrogen-bond donors (Lipinski definition) is 1. The molecule has 1 N–H and O–H groups in total. The van der Waals surface area contributed by atoms with Gasteiger partial charge in [0.1, 0.15) is 0 Å². The summed E-state index contributed by atoms with van der Waals surface area (Å²) in [6, 6.07) is 14.5. The van der Waals surface area contributed by atoms with E-state index in [4.69, 9.17) is 30.5 Å². The van der Waals surface area contributed by atoms with Crippen molar-refractivity contribution in [1.82, 2.24) is 0 Å². The molecule has 3 aromatic rings. The van der Waals surface area contributed by atoms with Crippen molar-refractivity contribution in [2.75, 3.05) is 44.3 Å². The van der Waals surface area contributed by atoms with E-state index in [9.17, 15) is 13.2 Å². The van der Waals surface area contributed by atoms with Gasteiger partial charge in [0.05, 0.1) is 52.5 Å². The Morgan fingerprint density at radius 3 is 1.94 bits per heavy atom. The highest BCUT2D eigenvalue weighted by Gasteiger charge is 2.27. The molecule has 0 spiro atoms. The molecule has 0 unspecified atom stereocenters. The van der Waals surface area contributed by atoms with Gasteiger partial charge in [-0.3, -0.25) is 9.10 Å². The zero-order valence-electron chi connectivity index (χ0n) is 20.5. The summed E-state index contributed by atoms with van der Waals surface area (Å²) in [5, 5.41) is 3.30. The molecule has 9 nitrogen and oxygen atoms in total. The SMILES string of the molecule is COc1ccc(NC(=O)c2cc(OC)c(OC)cc2N(Cc2ccc(Cl)cc2)S(C)(=O)=O)cc1OC. The van der Waals surface area contributed by atoms with Gasteiger partial charge in [0.25, 0.3) is 5.91 Å². The zero-order chi connectivity index (χ0) is 26.5. The first-order valence-electron chi connectivity index (χ1n) is 10.6. The van der Waals surface area contributed by atoms with Gasteiger partial charge in [-0.05, 0) is 35.9 Å². The Kier molecular flexibility index (Phi) is 8.54. The lowest BCUT2D eigenvalue weighted by molar-refractivity contribution is 0.102. The van der Waals surface area contributed by atoms with E-state index in [1.54, 1.807) is 42.5 Å². The monoisotopic (exact) mass is 534 g/mol. The molecule has 3 aromatic carbocycles. The summed E-state index contributed by atoms with van der Waals surface area (Å²) >= 11 is 5.98. The first kappa shape index (κ1) is 27.0. The van der Waals surface area contributed by atoms with E-state index in [1.165, 1.54) is 40.6 Å². The van der Waals surface area contributed by atoms with Crippen LogP contribution < -0.4 is 28.6 Å². The summed E-state index contributed by atoms with van der Waals surface area (Å²) < 4.78 is 48.2. The molecule has 0 aliphatic rings. The minimum atomic E-state index is -3.83. The normalized spacial score (nSPS) is 10.9. The number of sulfonamides is 1. The Bertz CT molecular complexity index is 1350. The maximum absolute atomic E-state index is 13.5. The Balaban J connectivity index is 2.11. The highest BCUT2D eigenvalue weighted by Crippen LogP contribution is 2.38. The molecular weight excluding hydrogens is 508 g/mol. The molecule has 192 valence electrons. The van der Waals surface area contributed by atoms with Gasteiger partial charge in [0, 0.05) is 22.8 Å². The van der Waals surface area contributed by atoms with Crippen molar-refractivity contribution in [3.05, 3.63) is 70.7 Å². The van der Waals surface area contributed by atoms with Gasteiger partial charge in [-0.25, -0.2) is 8.42 Å². The number of halogens is 1. The maximum Gasteiger partial charge on any atom is 0.257 e. The van der Waals surface area contributed by atoms with Crippen molar-refractivity contribution in [2.24, 2.45) is 0 Å². The molecule has 0 atom stereocenters.